The Kier molecular flexibility index (Phi) is 2.85. The van der Waals surface area contributed by atoms with E-state index in [0.29, 0.717) is 11.7 Å². The molecular formula is C12H14N6. The quantitative estimate of drug-likeness (QED) is 0.836. The van der Waals surface area contributed by atoms with Crippen molar-refractivity contribution in [3.8, 4) is 0 Å². The first kappa shape index (κ1) is 11.0. The molecule has 0 amide bonds. The molecule has 2 N–H and O–H groups in total. The second-order valence-electron chi connectivity index (χ2n) is 4.32. The second kappa shape index (κ2) is 4.66. The highest BCUT2D eigenvalue weighted by atomic mass is 15.1. The van der Waals surface area contributed by atoms with E-state index in [2.05, 4.69) is 30.6 Å². The molecular weight excluding hydrogens is 228 g/mol. The minimum atomic E-state index is 0.423. The minimum Gasteiger partial charge on any atom is -0.324 e. The van der Waals surface area contributed by atoms with Crippen molar-refractivity contribution in [2.45, 2.75) is 12.8 Å². The number of nitrogens with one attached hydrogen (secondary N) is 2. The molecule has 0 bridgehead atoms. The lowest BCUT2D eigenvalue weighted by molar-refractivity contribution is 0.429. The lowest BCUT2D eigenvalue weighted by Crippen LogP contribution is -2.41. The van der Waals surface area contributed by atoms with E-state index in [0.717, 1.165) is 30.4 Å². The molecule has 0 radical (unpaired) electrons. The van der Waals surface area contributed by atoms with Crippen LogP contribution in [0.4, 0.5) is 11.6 Å². The molecule has 0 aliphatic carbocycles. The Balaban J connectivity index is 1.85. The largest absolute Gasteiger partial charge is 0.324 e. The van der Waals surface area contributed by atoms with Crippen molar-refractivity contribution in [1.29, 1.82) is 0 Å². The minimum absolute atomic E-state index is 0.423. The Morgan fingerprint density at radius 3 is 2.78 bits per heavy atom. The van der Waals surface area contributed by atoms with E-state index in [9.17, 15) is 0 Å². The average Bonchev–Trinajstić information content (AvgIpc) is 2.27. The summed E-state index contributed by atoms with van der Waals surface area (Å²) in [6.45, 7) is 3.88. The molecule has 0 saturated carbocycles. The molecule has 0 unspecified atom stereocenters. The van der Waals surface area contributed by atoms with E-state index in [1.54, 1.807) is 18.6 Å². The van der Waals surface area contributed by atoms with Crippen molar-refractivity contribution in [3.63, 3.8) is 0 Å². The van der Waals surface area contributed by atoms with Crippen molar-refractivity contribution in [2.24, 2.45) is 0 Å². The number of rotatable bonds is 3. The van der Waals surface area contributed by atoms with Crippen molar-refractivity contribution in [1.82, 2.24) is 25.3 Å². The van der Waals surface area contributed by atoms with Crippen LogP contribution >= 0.6 is 0 Å². The zero-order chi connectivity index (χ0) is 12.4. The Labute approximate surface area is 105 Å². The maximum Gasteiger partial charge on any atom is 0.150 e. The summed E-state index contributed by atoms with van der Waals surface area (Å²) in [6, 6.07) is 1.91. The Morgan fingerprint density at radius 1 is 1.22 bits per heavy atom. The van der Waals surface area contributed by atoms with Crippen LogP contribution < -0.4 is 10.6 Å². The van der Waals surface area contributed by atoms with E-state index in [4.69, 9.17) is 0 Å². The summed E-state index contributed by atoms with van der Waals surface area (Å²) in [6.07, 6.45) is 4.96. The predicted octanol–water partition coefficient (Wildman–Crippen LogP) is 1.01. The summed E-state index contributed by atoms with van der Waals surface area (Å²) in [5, 5.41) is 6.37. The average molecular weight is 242 g/mol. The van der Waals surface area contributed by atoms with Gasteiger partial charge in [0.2, 0.25) is 0 Å². The van der Waals surface area contributed by atoms with Gasteiger partial charge in [0.05, 0.1) is 6.20 Å². The third-order valence-electron chi connectivity index (χ3n) is 2.84. The summed E-state index contributed by atoms with van der Waals surface area (Å²) in [5.41, 5.74) is 0.957. The number of hydrogen-bond acceptors (Lipinski definition) is 6. The van der Waals surface area contributed by atoms with Crippen molar-refractivity contribution < 1.29 is 0 Å². The van der Waals surface area contributed by atoms with Crippen molar-refractivity contribution in [3.05, 3.63) is 36.2 Å². The maximum atomic E-state index is 4.52. The van der Waals surface area contributed by atoms with Crippen LogP contribution in [0.5, 0.6) is 0 Å². The normalized spacial score (nSPS) is 15.2. The molecule has 1 aliphatic rings. The smallest absolute Gasteiger partial charge is 0.150 e. The Bertz CT molecular complexity index is 538. The molecule has 2 aromatic heterocycles. The van der Waals surface area contributed by atoms with Gasteiger partial charge in [0.25, 0.3) is 0 Å². The van der Waals surface area contributed by atoms with E-state index in [1.165, 1.54) is 0 Å². The van der Waals surface area contributed by atoms with Crippen LogP contribution in [0.3, 0.4) is 0 Å². The molecule has 18 heavy (non-hydrogen) atoms. The molecule has 6 heteroatoms. The number of nitrogens with zero attached hydrogens (tertiary/aromatic N) is 4. The van der Waals surface area contributed by atoms with Gasteiger partial charge in [0.1, 0.15) is 17.5 Å². The van der Waals surface area contributed by atoms with E-state index in [1.807, 2.05) is 13.0 Å². The Hall–Kier alpha value is -2.08. The van der Waals surface area contributed by atoms with Crippen LogP contribution in [0, 0.1) is 6.92 Å². The van der Waals surface area contributed by atoms with Crippen LogP contribution in [-0.2, 0) is 0 Å². The highest BCUT2D eigenvalue weighted by Crippen LogP contribution is 2.19. The van der Waals surface area contributed by atoms with Gasteiger partial charge in [-0.05, 0) is 6.92 Å². The first-order chi connectivity index (χ1) is 8.81. The first-order valence-electron chi connectivity index (χ1n) is 5.90. The summed E-state index contributed by atoms with van der Waals surface area (Å²) in [4.78, 5) is 17.2. The third-order valence-corrected chi connectivity index (χ3v) is 2.84. The fourth-order valence-corrected chi connectivity index (χ4v) is 1.80. The van der Waals surface area contributed by atoms with Crippen LogP contribution in [0.25, 0.3) is 0 Å². The molecule has 2 aromatic rings. The highest BCUT2D eigenvalue weighted by molar-refractivity contribution is 5.50. The molecule has 1 saturated heterocycles. The maximum absolute atomic E-state index is 4.52. The fraction of sp³-hybridized carbons (Fsp3) is 0.333. The molecule has 92 valence electrons. The van der Waals surface area contributed by atoms with Crippen LogP contribution in [-0.4, -0.2) is 33.0 Å². The summed E-state index contributed by atoms with van der Waals surface area (Å²) in [5.74, 6) is 2.77. The van der Waals surface area contributed by atoms with Gasteiger partial charge >= 0.3 is 0 Å². The molecule has 3 heterocycles. The number of hydrogen-bond donors (Lipinski definition) is 2. The number of aryl methyl sites for hydroxylation is 1. The van der Waals surface area contributed by atoms with Gasteiger partial charge in [-0.15, -0.1) is 0 Å². The molecule has 0 atom stereocenters. The SMILES string of the molecule is Cc1cc(Nc2cnccn2)nc(C2CNC2)n1. The highest BCUT2D eigenvalue weighted by Gasteiger charge is 2.22. The topological polar surface area (TPSA) is 75.6 Å². The van der Waals surface area contributed by atoms with E-state index >= 15 is 0 Å². The summed E-state index contributed by atoms with van der Waals surface area (Å²) in [7, 11) is 0. The fourth-order valence-electron chi connectivity index (χ4n) is 1.80. The third kappa shape index (κ3) is 2.28. The van der Waals surface area contributed by atoms with Gasteiger partial charge in [0.15, 0.2) is 0 Å². The standard InChI is InChI=1S/C12H14N6/c1-8-4-10(17-11-7-13-2-3-15-11)18-12(16-8)9-5-14-6-9/h2-4,7,9,14H,5-6H2,1H3,(H,15,16,17,18). The zero-order valence-corrected chi connectivity index (χ0v) is 10.1. The van der Waals surface area contributed by atoms with Gasteiger partial charge < -0.3 is 10.6 Å². The van der Waals surface area contributed by atoms with Crippen molar-refractivity contribution in [2.75, 3.05) is 18.4 Å². The predicted molar refractivity (Wildman–Crippen MR) is 67.7 cm³/mol. The second-order valence-corrected chi connectivity index (χ2v) is 4.32. The first-order valence-corrected chi connectivity index (χ1v) is 5.90. The van der Waals surface area contributed by atoms with Gasteiger partial charge in [-0.2, -0.15) is 0 Å². The van der Waals surface area contributed by atoms with Crippen LogP contribution in [0.2, 0.25) is 0 Å². The van der Waals surface area contributed by atoms with E-state index in [-0.39, 0.29) is 0 Å². The lowest BCUT2D eigenvalue weighted by atomic mass is 10.0. The molecule has 1 fully saturated rings. The summed E-state index contributed by atoms with van der Waals surface area (Å²) >= 11 is 0. The van der Waals surface area contributed by atoms with Gasteiger partial charge in [0, 0.05) is 43.2 Å². The Morgan fingerprint density at radius 2 is 2.11 bits per heavy atom. The summed E-state index contributed by atoms with van der Waals surface area (Å²) < 4.78 is 0. The van der Waals surface area contributed by atoms with Gasteiger partial charge in [-0.25, -0.2) is 15.0 Å². The van der Waals surface area contributed by atoms with Crippen LogP contribution in [0.15, 0.2) is 24.7 Å². The monoisotopic (exact) mass is 242 g/mol. The van der Waals surface area contributed by atoms with Crippen molar-refractivity contribution >= 4 is 11.6 Å². The number of anilines is 2. The molecule has 1 aliphatic heterocycles. The van der Waals surface area contributed by atoms with Crippen LogP contribution in [0.1, 0.15) is 17.4 Å². The van der Waals surface area contributed by atoms with E-state index < -0.39 is 0 Å². The molecule has 6 nitrogen and oxygen atoms in total. The van der Waals surface area contributed by atoms with Gasteiger partial charge in [-0.3, -0.25) is 4.98 Å². The van der Waals surface area contributed by atoms with Gasteiger partial charge in [-0.1, -0.05) is 0 Å². The molecule has 0 spiro atoms. The molecule has 3 rings (SSSR count). The zero-order valence-electron chi connectivity index (χ0n) is 10.1. The molecule has 0 aromatic carbocycles. The lowest BCUT2D eigenvalue weighted by Gasteiger charge is -2.26. The number of aromatic nitrogens is 4.